The first-order valence-electron chi connectivity index (χ1n) is 6.01. The molecule has 0 N–H and O–H groups in total. The van der Waals surface area contributed by atoms with Crippen molar-refractivity contribution in [1.82, 2.24) is 14.5 Å². The summed E-state index contributed by atoms with van der Waals surface area (Å²) in [5.41, 5.74) is 0.247. The molecule has 9 heteroatoms. The highest BCUT2D eigenvalue weighted by Gasteiger charge is 2.34. The van der Waals surface area contributed by atoms with Gasteiger partial charge in [0, 0.05) is 10.4 Å². The van der Waals surface area contributed by atoms with E-state index in [0.29, 0.717) is 27.3 Å². The molecule has 114 valence electrons. The Morgan fingerprint density at radius 1 is 1.32 bits per heavy atom. The summed E-state index contributed by atoms with van der Waals surface area (Å²) in [7, 11) is 0. The molecule has 0 spiro atoms. The number of hydrogen-bond donors (Lipinski definition) is 0. The zero-order chi connectivity index (χ0) is 15.9. The number of thiazole rings is 1. The molecule has 0 bridgehead atoms. The van der Waals surface area contributed by atoms with Gasteiger partial charge >= 0.3 is 6.18 Å². The van der Waals surface area contributed by atoms with Crippen molar-refractivity contribution in [2.45, 2.75) is 12.7 Å². The number of nitrogens with zero attached hydrogens (tertiary/aromatic N) is 3. The molecule has 0 radical (unpaired) electrons. The monoisotopic (exact) mass is 345 g/mol. The molecule has 2 aromatic heterocycles. The van der Waals surface area contributed by atoms with E-state index in [9.17, 15) is 18.0 Å². The maximum absolute atomic E-state index is 12.5. The van der Waals surface area contributed by atoms with E-state index in [1.807, 2.05) is 0 Å². The van der Waals surface area contributed by atoms with Gasteiger partial charge in [-0.1, -0.05) is 11.6 Å². The number of aromatic nitrogens is 3. The van der Waals surface area contributed by atoms with Crippen LogP contribution in [0.15, 0.2) is 34.7 Å². The zero-order valence-electron chi connectivity index (χ0n) is 10.8. The second kappa shape index (κ2) is 5.36. The predicted molar refractivity (Wildman–Crippen MR) is 77.2 cm³/mol. The second-order valence-corrected chi connectivity index (χ2v) is 5.78. The highest BCUT2D eigenvalue weighted by Crippen LogP contribution is 2.31. The van der Waals surface area contributed by atoms with Crippen LogP contribution in [0.3, 0.4) is 0 Å². The highest BCUT2D eigenvalue weighted by molar-refractivity contribution is 7.09. The van der Waals surface area contributed by atoms with Gasteiger partial charge < -0.3 is 0 Å². The zero-order valence-corrected chi connectivity index (χ0v) is 12.3. The maximum Gasteiger partial charge on any atom is 0.443 e. The Morgan fingerprint density at radius 3 is 2.77 bits per heavy atom. The third-order valence-electron chi connectivity index (χ3n) is 2.91. The van der Waals surface area contributed by atoms with E-state index in [0.717, 1.165) is 0 Å². The van der Waals surface area contributed by atoms with E-state index >= 15 is 0 Å². The molecule has 3 rings (SSSR count). The van der Waals surface area contributed by atoms with Gasteiger partial charge in [-0.2, -0.15) is 13.2 Å². The van der Waals surface area contributed by atoms with Crippen LogP contribution in [0.25, 0.3) is 10.9 Å². The van der Waals surface area contributed by atoms with Crippen LogP contribution in [-0.4, -0.2) is 14.5 Å². The number of alkyl halides is 3. The van der Waals surface area contributed by atoms with Crippen LogP contribution in [0.4, 0.5) is 13.2 Å². The second-order valence-electron chi connectivity index (χ2n) is 4.48. The maximum atomic E-state index is 12.5. The number of benzene rings is 1. The molecule has 3 aromatic rings. The summed E-state index contributed by atoms with van der Waals surface area (Å²) in [5, 5.41) is 1.03. The van der Waals surface area contributed by atoms with Crippen LogP contribution >= 0.6 is 22.9 Å². The summed E-state index contributed by atoms with van der Waals surface area (Å²) >= 11 is 6.34. The summed E-state index contributed by atoms with van der Waals surface area (Å²) in [6.45, 7) is -0.0825. The number of hydrogen-bond acceptors (Lipinski definition) is 4. The fourth-order valence-corrected chi connectivity index (χ4v) is 2.78. The number of rotatable bonds is 2. The molecule has 0 saturated heterocycles. The van der Waals surface area contributed by atoms with E-state index < -0.39 is 11.2 Å². The Morgan fingerprint density at radius 2 is 2.09 bits per heavy atom. The van der Waals surface area contributed by atoms with Gasteiger partial charge in [-0.25, -0.2) is 9.97 Å². The van der Waals surface area contributed by atoms with Crippen molar-refractivity contribution in [3.8, 4) is 0 Å². The molecule has 1 aromatic carbocycles. The average molecular weight is 346 g/mol. The van der Waals surface area contributed by atoms with Crippen LogP contribution in [0, 0.1) is 0 Å². The Labute approximate surface area is 130 Å². The lowest BCUT2D eigenvalue weighted by Crippen LogP contribution is -2.21. The summed E-state index contributed by atoms with van der Waals surface area (Å²) in [6.07, 6.45) is -3.20. The molecule has 0 aliphatic rings. The minimum absolute atomic E-state index is 0.0825. The van der Waals surface area contributed by atoms with Gasteiger partial charge in [-0.3, -0.25) is 9.36 Å². The van der Waals surface area contributed by atoms with Crippen molar-refractivity contribution in [3.63, 3.8) is 0 Å². The minimum atomic E-state index is -4.48. The van der Waals surface area contributed by atoms with Gasteiger partial charge in [0.15, 0.2) is 5.01 Å². The van der Waals surface area contributed by atoms with Gasteiger partial charge in [-0.05, 0) is 18.2 Å². The van der Waals surface area contributed by atoms with E-state index in [1.165, 1.54) is 22.3 Å². The van der Waals surface area contributed by atoms with Gasteiger partial charge in [0.05, 0.1) is 29.5 Å². The van der Waals surface area contributed by atoms with Crippen molar-refractivity contribution < 1.29 is 13.2 Å². The molecule has 22 heavy (non-hydrogen) atoms. The molecule has 0 aliphatic carbocycles. The third-order valence-corrected chi connectivity index (χ3v) is 4.08. The van der Waals surface area contributed by atoms with Crippen molar-refractivity contribution in [3.05, 3.63) is 56.0 Å². The normalized spacial score (nSPS) is 12.0. The van der Waals surface area contributed by atoms with E-state index in [2.05, 4.69) is 9.97 Å². The molecule has 0 unspecified atom stereocenters. The summed E-state index contributed by atoms with van der Waals surface area (Å²) in [6, 6.07) is 4.69. The Hall–Kier alpha value is -1.93. The molecular formula is C13H7ClF3N3OS. The largest absolute Gasteiger partial charge is 0.443 e. The van der Waals surface area contributed by atoms with E-state index in [1.54, 1.807) is 12.1 Å². The smallest absolute Gasteiger partial charge is 0.293 e. The lowest BCUT2D eigenvalue weighted by atomic mass is 10.2. The van der Waals surface area contributed by atoms with Gasteiger partial charge in [0.1, 0.15) is 0 Å². The molecule has 0 fully saturated rings. The first-order chi connectivity index (χ1) is 10.3. The fraction of sp³-hybridized carbons (Fsp3) is 0.154. The molecule has 4 nitrogen and oxygen atoms in total. The van der Waals surface area contributed by atoms with Crippen LogP contribution in [0.1, 0.15) is 10.7 Å². The van der Waals surface area contributed by atoms with Crippen LogP contribution in [-0.2, 0) is 12.7 Å². The van der Waals surface area contributed by atoms with Gasteiger partial charge in [0.2, 0.25) is 0 Å². The lowest BCUT2D eigenvalue weighted by Gasteiger charge is -2.05. The standard InChI is InChI=1S/C13H7ClF3N3OS/c14-7-1-2-10-9(3-7)11(21)20(6-18-10)4-8-5-22-12(19-8)13(15,16)17/h1-3,5-6H,4H2. The number of halogens is 4. The molecule has 0 aliphatic heterocycles. The van der Waals surface area contributed by atoms with Crippen LogP contribution < -0.4 is 5.56 Å². The Balaban J connectivity index is 1.99. The summed E-state index contributed by atoms with van der Waals surface area (Å²) < 4.78 is 38.8. The van der Waals surface area contributed by atoms with Crippen molar-refractivity contribution in [1.29, 1.82) is 0 Å². The predicted octanol–water partition coefficient (Wildman–Crippen LogP) is 3.57. The topological polar surface area (TPSA) is 47.8 Å². The first-order valence-corrected chi connectivity index (χ1v) is 7.26. The number of fused-ring (bicyclic) bond motifs is 1. The van der Waals surface area contributed by atoms with E-state index in [4.69, 9.17) is 11.6 Å². The third kappa shape index (κ3) is 2.84. The van der Waals surface area contributed by atoms with Crippen molar-refractivity contribution >= 4 is 33.8 Å². The first kappa shape index (κ1) is 15.0. The van der Waals surface area contributed by atoms with E-state index in [-0.39, 0.29) is 17.8 Å². The van der Waals surface area contributed by atoms with Gasteiger partial charge in [-0.15, -0.1) is 11.3 Å². The summed E-state index contributed by atoms with van der Waals surface area (Å²) in [5.74, 6) is 0. The van der Waals surface area contributed by atoms with Crippen molar-refractivity contribution in [2.75, 3.05) is 0 Å². The van der Waals surface area contributed by atoms with Crippen LogP contribution in [0.2, 0.25) is 5.02 Å². The quantitative estimate of drug-likeness (QED) is 0.713. The van der Waals surface area contributed by atoms with Crippen LogP contribution in [0.5, 0.6) is 0 Å². The fourth-order valence-electron chi connectivity index (χ4n) is 1.93. The lowest BCUT2D eigenvalue weighted by molar-refractivity contribution is -0.137. The summed E-state index contributed by atoms with van der Waals surface area (Å²) in [4.78, 5) is 19.9. The average Bonchev–Trinajstić information content (AvgIpc) is 2.91. The molecule has 0 atom stereocenters. The minimum Gasteiger partial charge on any atom is -0.293 e. The highest BCUT2D eigenvalue weighted by atomic mass is 35.5. The molecule has 2 heterocycles. The Bertz CT molecular complexity index is 903. The Kier molecular flexibility index (Phi) is 3.65. The molecule has 0 saturated carbocycles. The van der Waals surface area contributed by atoms with Crippen molar-refractivity contribution in [2.24, 2.45) is 0 Å². The molecule has 0 amide bonds. The molecular weight excluding hydrogens is 339 g/mol. The SMILES string of the molecule is O=c1c2cc(Cl)ccc2ncn1Cc1csc(C(F)(F)F)n1. The van der Waals surface area contributed by atoms with Gasteiger partial charge in [0.25, 0.3) is 5.56 Å².